The minimum atomic E-state index is -3.32. The average molecular weight is 516 g/mol. The Morgan fingerprint density at radius 3 is 2.65 bits per heavy atom. The summed E-state index contributed by atoms with van der Waals surface area (Å²) in [5.41, 5.74) is 5.97. The number of nitrogens with zero attached hydrogens (tertiary/aromatic N) is 2. The van der Waals surface area contributed by atoms with Crippen molar-refractivity contribution in [2.75, 3.05) is 25.4 Å². The van der Waals surface area contributed by atoms with Crippen LogP contribution in [0.3, 0.4) is 0 Å². The number of benzene rings is 1. The lowest BCUT2D eigenvalue weighted by Crippen LogP contribution is -2.43. The average Bonchev–Trinajstić information content (AvgIpc) is 2.47. The van der Waals surface area contributed by atoms with Crippen molar-refractivity contribution in [1.82, 2.24) is 4.90 Å². The molecular formula is C15H23BrIN3O2S. The van der Waals surface area contributed by atoms with Gasteiger partial charge in [0.2, 0.25) is 0 Å². The maximum Gasteiger partial charge on any atom is 0.191 e. The van der Waals surface area contributed by atoms with Crippen LogP contribution in [0.2, 0.25) is 0 Å². The molecule has 23 heavy (non-hydrogen) atoms. The molecule has 0 aliphatic carbocycles. The molecule has 8 heteroatoms. The largest absolute Gasteiger partial charge is 0.370 e. The second kappa shape index (κ2) is 9.22. The van der Waals surface area contributed by atoms with Crippen LogP contribution in [0.4, 0.5) is 0 Å². The molecule has 130 valence electrons. The molecule has 1 fully saturated rings. The Labute approximate surface area is 163 Å². The molecule has 1 unspecified atom stereocenters. The number of rotatable bonds is 4. The van der Waals surface area contributed by atoms with Crippen LogP contribution in [0.1, 0.15) is 19.8 Å². The summed E-state index contributed by atoms with van der Waals surface area (Å²) in [6.07, 6.45) is 2.32. The van der Waals surface area contributed by atoms with E-state index in [-0.39, 0.29) is 36.3 Å². The summed E-state index contributed by atoms with van der Waals surface area (Å²) in [6, 6.07) is 6.64. The Hall–Kier alpha value is -0.350. The van der Waals surface area contributed by atoms with Crippen LogP contribution in [0.5, 0.6) is 0 Å². The summed E-state index contributed by atoms with van der Waals surface area (Å²) in [5, 5.41) is 0. The fourth-order valence-corrected chi connectivity index (χ4v) is 3.92. The molecule has 0 amide bonds. The van der Waals surface area contributed by atoms with Gasteiger partial charge in [0.05, 0.1) is 17.2 Å². The first kappa shape index (κ1) is 20.7. The SMILES string of the molecule is CC1CCCN(C(N)=NCCS(=O)(=O)c2ccc(Br)cc2)C1.I. The number of hydrogen-bond donors (Lipinski definition) is 1. The monoisotopic (exact) mass is 515 g/mol. The van der Waals surface area contributed by atoms with Gasteiger partial charge in [0.25, 0.3) is 0 Å². The number of halogens is 2. The van der Waals surface area contributed by atoms with Crippen LogP contribution < -0.4 is 5.73 Å². The van der Waals surface area contributed by atoms with Crippen LogP contribution in [-0.2, 0) is 9.84 Å². The quantitative estimate of drug-likeness (QED) is 0.380. The Morgan fingerprint density at radius 1 is 1.39 bits per heavy atom. The number of hydrogen-bond acceptors (Lipinski definition) is 3. The van der Waals surface area contributed by atoms with Crippen molar-refractivity contribution in [3.8, 4) is 0 Å². The van der Waals surface area contributed by atoms with Gasteiger partial charge in [0.15, 0.2) is 15.8 Å². The van der Waals surface area contributed by atoms with Crippen LogP contribution >= 0.6 is 39.9 Å². The van der Waals surface area contributed by atoms with E-state index in [1.165, 1.54) is 6.42 Å². The molecule has 0 radical (unpaired) electrons. The van der Waals surface area contributed by atoms with Crippen molar-refractivity contribution in [2.24, 2.45) is 16.6 Å². The second-order valence-electron chi connectivity index (χ2n) is 5.71. The van der Waals surface area contributed by atoms with Gasteiger partial charge < -0.3 is 10.6 Å². The van der Waals surface area contributed by atoms with Crippen molar-refractivity contribution in [3.05, 3.63) is 28.7 Å². The summed E-state index contributed by atoms with van der Waals surface area (Å²) in [4.78, 5) is 6.60. The number of sulfone groups is 1. The van der Waals surface area contributed by atoms with Gasteiger partial charge in [-0.2, -0.15) is 0 Å². The van der Waals surface area contributed by atoms with E-state index in [1.807, 2.05) is 4.90 Å². The van der Waals surface area contributed by atoms with Gasteiger partial charge in [0, 0.05) is 17.6 Å². The van der Waals surface area contributed by atoms with Crippen molar-refractivity contribution >= 4 is 55.7 Å². The fourth-order valence-electron chi connectivity index (χ4n) is 2.54. The van der Waals surface area contributed by atoms with Gasteiger partial charge >= 0.3 is 0 Å². The van der Waals surface area contributed by atoms with E-state index >= 15 is 0 Å². The van der Waals surface area contributed by atoms with E-state index in [2.05, 4.69) is 27.8 Å². The zero-order chi connectivity index (χ0) is 16.2. The van der Waals surface area contributed by atoms with Gasteiger partial charge in [-0.15, -0.1) is 24.0 Å². The molecule has 0 bridgehead atoms. The number of likely N-dealkylation sites (tertiary alicyclic amines) is 1. The molecule has 5 nitrogen and oxygen atoms in total. The summed E-state index contributed by atoms with van der Waals surface area (Å²) in [6.45, 7) is 4.18. The molecule has 0 saturated carbocycles. The van der Waals surface area contributed by atoms with Crippen LogP contribution in [0.15, 0.2) is 38.6 Å². The van der Waals surface area contributed by atoms with Crippen molar-refractivity contribution < 1.29 is 8.42 Å². The smallest absolute Gasteiger partial charge is 0.191 e. The Kier molecular flexibility index (Phi) is 8.29. The summed E-state index contributed by atoms with van der Waals surface area (Å²) >= 11 is 3.29. The van der Waals surface area contributed by atoms with Gasteiger partial charge in [-0.25, -0.2) is 8.42 Å². The summed E-state index contributed by atoms with van der Waals surface area (Å²) < 4.78 is 25.3. The fraction of sp³-hybridized carbons (Fsp3) is 0.533. The van der Waals surface area contributed by atoms with Crippen LogP contribution in [-0.4, -0.2) is 44.7 Å². The van der Waals surface area contributed by atoms with Crippen molar-refractivity contribution in [2.45, 2.75) is 24.7 Å². The van der Waals surface area contributed by atoms with E-state index in [9.17, 15) is 8.42 Å². The molecule has 0 spiro atoms. The van der Waals surface area contributed by atoms with E-state index < -0.39 is 9.84 Å². The highest BCUT2D eigenvalue weighted by Gasteiger charge is 2.18. The highest BCUT2D eigenvalue weighted by atomic mass is 127. The van der Waals surface area contributed by atoms with Crippen molar-refractivity contribution in [3.63, 3.8) is 0 Å². The Balaban J connectivity index is 0.00000264. The molecule has 1 saturated heterocycles. The highest BCUT2D eigenvalue weighted by molar-refractivity contribution is 14.0. The molecule has 0 aromatic heterocycles. The van der Waals surface area contributed by atoms with Gasteiger partial charge in [-0.1, -0.05) is 22.9 Å². The lowest BCUT2D eigenvalue weighted by Gasteiger charge is -2.31. The topological polar surface area (TPSA) is 75.8 Å². The molecule has 1 aromatic rings. The third-order valence-electron chi connectivity index (χ3n) is 3.79. The number of nitrogens with two attached hydrogens (primary N) is 1. The first-order valence-corrected chi connectivity index (χ1v) is 9.86. The minimum absolute atomic E-state index is 0. The first-order chi connectivity index (χ1) is 10.4. The lowest BCUT2D eigenvalue weighted by molar-refractivity contribution is 0.270. The van der Waals surface area contributed by atoms with E-state index in [0.29, 0.717) is 16.8 Å². The van der Waals surface area contributed by atoms with Crippen molar-refractivity contribution in [1.29, 1.82) is 0 Å². The molecule has 1 aliphatic rings. The predicted molar refractivity (Wildman–Crippen MR) is 108 cm³/mol. The maximum absolute atomic E-state index is 12.2. The van der Waals surface area contributed by atoms with Crippen LogP contribution in [0, 0.1) is 5.92 Å². The lowest BCUT2D eigenvalue weighted by atomic mass is 10.0. The van der Waals surface area contributed by atoms with Crippen LogP contribution in [0.25, 0.3) is 0 Å². The third-order valence-corrected chi connectivity index (χ3v) is 6.03. The molecule has 1 aromatic carbocycles. The van der Waals surface area contributed by atoms with E-state index in [4.69, 9.17) is 5.73 Å². The maximum atomic E-state index is 12.2. The molecular weight excluding hydrogens is 493 g/mol. The van der Waals surface area contributed by atoms with Gasteiger partial charge in [0.1, 0.15) is 0 Å². The number of aliphatic imine (C=N–C) groups is 1. The normalized spacial score (nSPS) is 19.3. The van der Waals surface area contributed by atoms with E-state index in [0.717, 1.165) is 24.0 Å². The molecule has 1 heterocycles. The molecule has 2 N–H and O–H groups in total. The summed E-state index contributed by atoms with van der Waals surface area (Å²) in [7, 11) is -3.32. The molecule has 1 atom stereocenters. The molecule has 1 aliphatic heterocycles. The van der Waals surface area contributed by atoms with Gasteiger partial charge in [-0.05, 0) is 43.0 Å². The van der Waals surface area contributed by atoms with Gasteiger partial charge in [-0.3, -0.25) is 4.99 Å². The van der Waals surface area contributed by atoms with E-state index in [1.54, 1.807) is 24.3 Å². The predicted octanol–water partition coefficient (Wildman–Crippen LogP) is 2.89. The Morgan fingerprint density at radius 2 is 2.04 bits per heavy atom. The number of guanidine groups is 1. The second-order valence-corrected chi connectivity index (χ2v) is 8.73. The first-order valence-electron chi connectivity index (χ1n) is 7.41. The zero-order valence-electron chi connectivity index (χ0n) is 13.1. The third kappa shape index (κ3) is 6.22. The minimum Gasteiger partial charge on any atom is -0.370 e. The Bertz CT molecular complexity index is 635. The summed E-state index contributed by atoms with van der Waals surface area (Å²) in [5.74, 6) is 1.03. The zero-order valence-corrected chi connectivity index (χ0v) is 17.8. The standard InChI is InChI=1S/C15H22BrN3O2S.HI/c1-12-3-2-9-19(11-12)15(17)18-8-10-22(20,21)14-6-4-13(16)5-7-14;/h4-7,12H,2-3,8-11H2,1H3,(H2,17,18);1H. The number of piperidine rings is 1. The molecule has 2 rings (SSSR count). The highest BCUT2D eigenvalue weighted by Crippen LogP contribution is 2.16.